The van der Waals surface area contributed by atoms with Gasteiger partial charge in [-0.2, -0.15) is 0 Å². The first kappa shape index (κ1) is 18.6. The lowest BCUT2D eigenvalue weighted by molar-refractivity contribution is -0.139. The van der Waals surface area contributed by atoms with Gasteiger partial charge in [-0.3, -0.25) is 0 Å². The van der Waals surface area contributed by atoms with E-state index in [-0.39, 0.29) is 13.0 Å². The van der Waals surface area contributed by atoms with E-state index < -0.39 is 18.0 Å². The van der Waals surface area contributed by atoms with Gasteiger partial charge in [0.2, 0.25) is 0 Å². The molecule has 0 rings (SSSR count). The summed E-state index contributed by atoms with van der Waals surface area (Å²) >= 11 is 0. The number of urea groups is 1. The third-order valence-electron chi connectivity index (χ3n) is 2.64. The summed E-state index contributed by atoms with van der Waals surface area (Å²) in [4.78, 5) is 24.4. The van der Waals surface area contributed by atoms with Crippen molar-refractivity contribution in [2.45, 2.75) is 18.9 Å². The fourth-order valence-corrected chi connectivity index (χ4v) is 1.54. The second-order valence-electron chi connectivity index (χ2n) is 4.18. The molecule has 0 aliphatic rings. The molecule has 0 aliphatic heterocycles. The summed E-state index contributed by atoms with van der Waals surface area (Å²) in [7, 11) is 3.10. The lowest BCUT2D eigenvalue weighted by atomic mass is 10.2. The van der Waals surface area contributed by atoms with Gasteiger partial charge in [0.1, 0.15) is 6.04 Å². The first-order valence-electron chi connectivity index (χ1n) is 6.43. The van der Waals surface area contributed by atoms with E-state index >= 15 is 0 Å². The highest BCUT2D eigenvalue weighted by Crippen LogP contribution is 1.98. The predicted molar refractivity (Wildman–Crippen MR) is 71.6 cm³/mol. The Morgan fingerprint density at radius 3 is 2.35 bits per heavy atom. The van der Waals surface area contributed by atoms with Crippen LogP contribution in [0.2, 0.25) is 0 Å². The highest BCUT2D eigenvalue weighted by Gasteiger charge is 2.22. The smallest absolute Gasteiger partial charge is 0.326 e. The van der Waals surface area contributed by atoms with Crippen LogP contribution in [-0.4, -0.2) is 80.3 Å². The van der Waals surface area contributed by atoms with E-state index in [9.17, 15) is 9.59 Å². The SMILES string of the molecule is COCCCN(CCOC)C(=O)NC(CCO)C(=O)O. The van der Waals surface area contributed by atoms with E-state index in [1.54, 1.807) is 7.11 Å². The maximum Gasteiger partial charge on any atom is 0.326 e. The van der Waals surface area contributed by atoms with Crippen LogP contribution < -0.4 is 5.32 Å². The van der Waals surface area contributed by atoms with Crippen molar-refractivity contribution in [3.63, 3.8) is 0 Å². The molecule has 2 amide bonds. The van der Waals surface area contributed by atoms with E-state index in [0.717, 1.165) is 0 Å². The predicted octanol–water partition coefficient (Wildman–Crippen LogP) is -0.483. The van der Waals surface area contributed by atoms with Gasteiger partial charge in [0.05, 0.1) is 6.61 Å². The number of aliphatic carboxylic acids is 1. The second-order valence-corrected chi connectivity index (χ2v) is 4.18. The number of nitrogens with zero attached hydrogens (tertiary/aromatic N) is 1. The number of rotatable bonds is 11. The minimum Gasteiger partial charge on any atom is -0.480 e. The molecule has 0 aromatic heterocycles. The number of carbonyl (C=O) groups excluding carboxylic acids is 1. The summed E-state index contributed by atoms with van der Waals surface area (Å²) in [6.07, 6.45) is 0.614. The number of ether oxygens (including phenoxy) is 2. The van der Waals surface area contributed by atoms with E-state index in [0.29, 0.717) is 32.7 Å². The number of aliphatic hydroxyl groups excluding tert-OH is 1. The summed E-state index contributed by atoms with van der Waals surface area (Å²) < 4.78 is 9.84. The number of nitrogens with one attached hydrogen (secondary N) is 1. The van der Waals surface area contributed by atoms with Crippen LogP contribution in [0, 0.1) is 0 Å². The van der Waals surface area contributed by atoms with Gasteiger partial charge in [0.25, 0.3) is 0 Å². The number of carboxylic acids is 1. The summed E-state index contributed by atoms with van der Waals surface area (Å²) in [5, 5.41) is 20.1. The molecule has 0 aromatic carbocycles. The van der Waals surface area contributed by atoms with Crippen LogP contribution in [-0.2, 0) is 14.3 Å². The van der Waals surface area contributed by atoms with Crippen molar-refractivity contribution in [2.24, 2.45) is 0 Å². The largest absolute Gasteiger partial charge is 0.480 e. The Bertz CT molecular complexity index is 287. The second kappa shape index (κ2) is 11.4. The van der Waals surface area contributed by atoms with Crippen LogP contribution in [0.15, 0.2) is 0 Å². The van der Waals surface area contributed by atoms with Crippen molar-refractivity contribution < 1.29 is 29.3 Å². The Morgan fingerprint density at radius 1 is 1.20 bits per heavy atom. The lowest BCUT2D eigenvalue weighted by Crippen LogP contribution is -2.49. The van der Waals surface area contributed by atoms with Crippen molar-refractivity contribution in [3.8, 4) is 0 Å². The summed E-state index contributed by atoms with van der Waals surface area (Å²) in [5.74, 6) is -1.17. The maximum atomic E-state index is 12.0. The quantitative estimate of drug-likeness (QED) is 0.444. The minimum atomic E-state index is -1.17. The number of hydrogen-bond donors (Lipinski definition) is 3. The van der Waals surface area contributed by atoms with Crippen molar-refractivity contribution in [1.29, 1.82) is 0 Å². The molecule has 0 spiro atoms. The molecule has 8 nitrogen and oxygen atoms in total. The van der Waals surface area contributed by atoms with Crippen LogP contribution in [0.5, 0.6) is 0 Å². The van der Waals surface area contributed by atoms with Crippen LogP contribution in [0.25, 0.3) is 0 Å². The van der Waals surface area contributed by atoms with Crippen LogP contribution in [0.3, 0.4) is 0 Å². The summed E-state index contributed by atoms with van der Waals surface area (Å²) in [5.41, 5.74) is 0. The van der Waals surface area contributed by atoms with Crippen molar-refractivity contribution in [3.05, 3.63) is 0 Å². The monoisotopic (exact) mass is 292 g/mol. The van der Waals surface area contributed by atoms with E-state index in [1.807, 2.05) is 0 Å². The van der Waals surface area contributed by atoms with Gasteiger partial charge in [-0.1, -0.05) is 0 Å². The topological polar surface area (TPSA) is 108 Å². The van der Waals surface area contributed by atoms with Gasteiger partial charge < -0.3 is 29.9 Å². The van der Waals surface area contributed by atoms with Crippen molar-refractivity contribution >= 4 is 12.0 Å². The zero-order valence-corrected chi connectivity index (χ0v) is 12.0. The van der Waals surface area contributed by atoms with E-state index in [4.69, 9.17) is 19.7 Å². The molecule has 0 saturated carbocycles. The minimum absolute atomic E-state index is 0.0305. The number of amides is 2. The molecule has 0 saturated heterocycles. The first-order valence-corrected chi connectivity index (χ1v) is 6.43. The molecule has 0 radical (unpaired) electrons. The number of aliphatic hydroxyl groups is 1. The summed E-state index contributed by atoms with van der Waals surface area (Å²) in [6, 6.07) is -1.58. The van der Waals surface area contributed by atoms with E-state index in [1.165, 1.54) is 12.0 Å². The highest BCUT2D eigenvalue weighted by atomic mass is 16.5. The Kier molecular flexibility index (Phi) is 10.7. The molecular formula is C12H24N2O6. The molecular weight excluding hydrogens is 268 g/mol. The number of methoxy groups -OCH3 is 2. The molecule has 0 heterocycles. The maximum absolute atomic E-state index is 12.0. The van der Waals surface area contributed by atoms with Crippen molar-refractivity contribution in [1.82, 2.24) is 10.2 Å². The van der Waals surface area contributed by atoms with E-state index in [2.05, 4.69) is 5.32 Å². The highest BCUT2D eigenvalue weighted by molar-refractivity contribution is 5.82. The van der Waals surface area contributed by atoms with Gasteiger partial charge >= 0.3 is 12.0 Å². The average Bonchev–Trinajstić information content (AvgIpc) is 2.41. The molecule has 0 aromatic rings. The average molecular weight is 292 g/mol. The molecule has 118 valence electrons. The van der Waals surface area contributed by atoms with Gasteiger partial charge in [0, 0.05) is 46.9 Å². The third-order valence-corrected chi connectivity index (χ3v) is 2.64. The molecule has 20 heavy (non-hydrogen) atoms. The fraction of sp³-hybridized carbons (Fsp3) is 0.833. The Morgan fingerprint density at radius 2 is 1.85 bits per heavy atom. The zero-order valence-electron chi connectivity index (χ0n) is 12.0. The number of carbonyl (C=O) groups is 2. The lowest BCUT2D eigenvalue weighted by Gasteiger charge is -2.24. The molecule has 1 atom stereocenters. The molecule has 8 heteroatoms. The third kappa shape index (κ3) is 7.93. The number of hydrogen-bond acceptors (Lipinski definition) is 5. The molecule has 1 unspecified atom stereocenters. The Balaban J connectivity index is 4.45. The van der Waals surface area contributed by atoms with Gasteiger partial charge in [0.15, 0.2) is 0 Å². The number of carboxylic acid groups (broad SMARTS) is 1. The van der Waals surface area contributed by atoms with Crippen molar-refractivity contribution in [2.75, 3.05) is 47.1 Å². The Labute approximate surface area is 118 Å². The Hall–Kier alpha value is -1.38. The van der Waals surface area contributed by atoms with Crippen LogP contribution in [0.1, 0.15) is 12.8 Å². The van der Waals surface area contributed by atoms with Crippen LogP contribution in [0.4, 0.5) is 4.79 Å². The van der Waals surface area contributed by atoms with Gasteiger partial charge in [-0.05, 0) is 6.42 Å². The summed E-state index contributed by atoms with van der Waals surface area (Å²) in [6.45, 7) is 1.36. The molecule has 0 bridgehead atoms. The first-order chi connectivity index (χ1) is 9.56. The molecule has 0 fully saturated rings. The zero-order chi connectivity index (χ0) is 15.4. The molecule has 0 aliphatic carbocycles. The van der Waals surface area contributed by atoms with Gasteiger partial charge in [-0.15, -0.1) is 0 Å². The van der Waals surface area contributed by atoms with Crippen LogP contribution >= 0.6 is 0 Å². The fourth-order valence-electron chi connectivity index (χ4n) is 1.54. The van der Waals surface area contributed by atoms with Gasteiger partial charge in [-0.25, -0.2) is 9.59 Å². The normalized spacial score (nSPS) is 11.9. The molecule has 3 N–H and O–H groups in total. The standard InChI is InChI=1S/C12H24N2O6/c1-19-8-3-5-14(6-9-20-2)12(18)13-10(4-7-15)11(16)17/h10,15H,3-9H2,1-2H3,(H,13,18)(H,16,17).